The Hall–Kier alpha value is -1.84. The molecule has 1 aromatic heterocycles. The second kappa shape index (κ2) is 9.57. The summed E-state index contributed by atoms with van der Waals surface area (Å²) in [6, 6.07) is 9.35. The molecule has 0 amide bonds. The minimum atomic E-state index is -4.13. The first-order valence-electron chi connectivity index (χ1n) is 9.54. The van der Waals surface area contributed by atoms with Gasteiger partial charge in [0.15, 0.2) is 0 Å². The average Bonchev–Trinajstić information content (AvgIpc) is 3.23. The fraction of sp³-hybridized carbons (Fsp3) is 0.333. The van der Waals surface area contributed by atoms with Gasteiger partial charge in [0.1, 0.15) is 24.5 Å². The maximum atomic E-state index is 13.1. The maximum absolute atomic E-state index is 13.1. The van der Waals surface area contributed by atoms with Crippen molar-refractivity contribution in [1.82, 2.24) is 14.8 Å². The van der Waals surface area contributed by atoms with Gasteiger partial charge < -0.3 is 4.74 Å². The van der Waals surface area contributed by atoms with E-state index in [0.717, 1.165) is 5.56 Å². The van der Waals surface area contributed by atoms with Crippen LogP contribution in [0.2, 0.25) is 15.1 Å². The standard InChI is InChI=1S/C21H22Cl3N3O4S/c1-13-5-7-15(8-6-13)32(28,29)31-19(21(2,3)4)20(27-12-25-11-26-27)30-14-9-16(22)18(24)17(23)10-14/h5-12,19-20H,1-4H3. The van der Waals surface area contributed by atoms with Crippen LogP contribution in [0.15, 0.2) is 53.9 Å². The Morgan fingerprint density at radius 2 is 1.62 bits per heavy atom. The van der Waals surface area contributed by atoms with Crippen LogP contribution in [0, 0.1) is 12.3 Å². The summed E-state index contributed by atoms with van der Waals surface area (Å²) in [5.74, 6) is 0.260. The summed E-state index contributed by atoms with van der Waals surface area (Å²) in [7, 11) is -4.13. The number of aromatic nitrogens is 3. The Morgan fingerprint density at radius 3 is 2.12 bits per heavy atom. The van der Waals surface area contributed by atoms with E-state index in [1.807, 2.05) is 27.7 Å². The Bertz CT molecular complexity index is 1150. The number of rotatable bonds is 7. The third kappa shape index (κ3) is 5.74. The predicted octanol–water partition coefficient (Wildman–Crippen LogP) is 5.94. The first kappa shape index (κ1) is 24.8. The highest BCUT2D eigenvalue weighted by Gasteiger charge is 2.41. The van der Waals surface area contributed by atoms with Crippen LogP contribution in [0.1, 0.15) is 32.6 Å². The first-order valence-corrected chi connectivity index (χ1v) is 12.1. The average molecular weight is 519 g/mol. The smallest absolute Gasteiger partial charge is 0.297 e. The molecule has 0 aliphatic heterocycles. The van der Waals surface area contributed by atoms with Crippen molar-refractivity contribution in [1.29, 1.82) is 0 Å². The molecule has 0 fully saturated rings. The van der Waals surface area contributed by atoms with Crippen molar-refractivity contribution in [2.45, 2.75) is 44.9 Å². The molecule has 32 heavy (non-hydrogen) atoms. The van der Waals surface area contributed by atoms with Gasteiger partial charge in [-0.2, -0.15) is 13.5 Å². The molecule has 0 aliphatic carbocycles. The number of halogens is 3. The number of nitrogens with zero attached hydrogens (tertiary/aromatic N) is 3. The zero-order chi connectivity index (χ0) is 23.7. The number of hydrogen-bond donors (Lipinski definition) is 0. The fourth-order valence-corrected chi connectivity index (χ4v) is 4.67. The molecule has 3 rings (SSSR count). The molecule has 11 heteroatoms. The molecule has 1 heterocycles. The van der Waals surface area contributed by atoms with E-state index < -0.39 is 27.9 Å². The van der Waals surface area contributed by atoms with Gasteiger partial charge in [-0.1, -0.05) is 73.3 Å². The van der Waals surface area contributed by atoms with Crippen LogP contribution in [0.3, 0.4) is 0 Å². The summed E-state index contributed by atoms with van der Waals surface area (Å²) in [6.07, 6.45) is 0.686. The molecule has 0 aliphatic rings. The summed E-state index contributed by atoms with van der Waals surface area (Å²) in [5, 5.41) is 4.70. The van der Waals surface area contributed by atoms with Gasteiger partial charge in [-0.15, -0.1) is 0 Å². The molecule has 7 nitrogen and oxygen atoms in total. The predicted molar refractivity (Wildman–Crippen MR) is 124 cm³/mol. The normalized spacial score (nSPS) is 14.2. The number of ether oxygens (including phenoxy) is 1. The molecule has 0 bridgehead atoms. The van der Waals surface area contributed by atoms with Gasteiger partial charge in [0.05, 0.1) is 20.0 Å². The van der Waals surface area contributed by atoms with Gasteiger partial charge in [0.25, 0.3) is 10.1 Å². The van der Waals surface area contributed by atoms with E-state index >= 15 is 0 Å². The number of aryl methyl sites for hydroxylation is 1. The molecule has 0 saturated heterocycles. The largest absolute Gasteiger partial charge is 0.466 e. The van der Waals surface area contributed by atoms with Crippen LogP contribution in [0.5, 0.6) is 5.75 Å². The summed E-state index contributed by atoms with van der Waals surface area (Å²) in [4.78, 5) is 3.99. The molecule has 0 N–H and O–H groups in total. The minimum absolute atomic E-state index is 0.0345. The highest BCUT2D eigenvalue weighted by Crippen LogP contribution is 2.39. The van der Waals surface area contributed by atoms with Gasteiger partial charge in [0, 0.05) is 12.1 Å². The van der Waals surface area contributed by atoms with Crippen LogP contribution in [0.25, 0.3) is 0 Å². The van der Waals surface area contributed by atoms with E-state index in [0.29, 0.717) is 0 Å². The molecular formula is C21H22Cl3N3O4S. The molecule has 3 aromatic rings. The highest BCUT2D eigenvalue weighted by atomic mass is 35.5. The van der Waals surface area contributed by atoms with Crippen molar-refractivity contribution >= 4 is 44.9 Å². The maximum Gasteiger partial charge on any atom is 0.297 e. The number of hydrogen-bond acceptors (Lipinski definition) is 6. The SMILES string of the molecule is Cc1ccc(S(=O)(=O)OC(C(Oc2cc(Cl)c(Cl)c(Cl)c2)n2cncn2)C(C)(C)C)cc1. The topological polar surface area (TPSA) is 83.3 Å². The lowest BCUT2D eigenvalue weighted by molar-refractivity contribution is -0.0541. The Morgan fingerprint density at radius 1 is 1.03 bits per heavy atom. The van der Waals surface area contributed by atoms with E-state index in [1.165, 1.54) is 41.6 Å². The van der Waals surface area contributed by atoms with Gasteiger partial charge >= 0.3 is 0 Å². The van der Waals surface area contributed by atoms with Crippen LogP contribution in [0.4, 0.5) is 0 Å². The van der Waals surface area contributed by atoms with Gasteiger partial charge in [-0.05, 0) is 24.5 Å². The molecule has 0 spiro atoms. The zero-order valence-electron chi connectivity index (χ0n) is 17.8. The monoisotopic (exact) mass is 517 g/mol. The lowest BCUT2D eigenvalue weighted by Crippen LogP contribution is -2.42. The first-order chi connectivity index (χ1) is 14.9. The van der Waals surface area contributed by atoms with Crippen molar-refractivity contribution in [3.8, 4) is 5.75 Å². The van der Waals surface area contributed by atoms with Crippen LogP contribution in [-0.4, -0.2) is 29.3 Å². The second-order valence-electron chi connectivity index (χ2n) is 8.23. The molecule has 2 aromatic carbocycles. The summed E-state index contributed by atoms with van der Waals surface area (Å²) < 4.78 is 39.4. The van der Waals surface area contributed by atoms with Crippen LogP contribution in [-0.2, 0) is 14.3 Å². The van der Waals surface area contributed by atoms with Crippen molar-refractivity contribution in [2.75, 3.05) is 0 Å². The lowest BCUT2D eigenvalue weighted by atomic mass is 9.88. The third-order valence-corrected chi connectivity index (χ3v) is 7.07. The summed E-state index contributed by atoms with van der Waals surface area (Å²) in [6.45, 7) is 7.36. The van der Waals surface area contributed by atoms with Gasteiger partial charge in [-0.25, -0.2) is 9.67 Å². The Kier molecular flexibility index (Phi) is 7.41. The Balaban J connectivity index is 2.04. The molecule has 2 unspecified atom stereocenters. The fourth-order valence-electron chi connectivity index (χ4n) is 2.86. The van der Waals surface area contributed by atoms with E-state index in [-0.39, 0.29) is 25.7 Å². The summed E-state index contributed by atoms with van der Waals surface area (Å²) >= 11 is 18.3. The van der Waals surface area contributed by atoms with Gasteiger partial charge in [-0.3, -0.25) is 4.18 Å². The minimum Gasteiger partial charge on any atom is -0.466 e. The third-order valence-electron chi connectivity index (χ3n) is 4.56. The molecule has 172 valence electrons. The molecule has 2 atom stereocenters. The van der Waals surface area contributed by atoms with E-state index in [9.17, 15) is 8.42 Å². The molecule has 0 radical (unpaired) electrons. The Labute approximate surface area is 202 Å². The van der Waals surface area contributed by atoms with Crippen molar-refractivity contribution in [3.63, 3.8) is 0 Å². The quantitative estimate of drug-likeness (QED) is 0.284. The second-order valence-corrected chi connectivity index (χ2v) is 11.0. The van der Waals surface area contributed by atoms with Gasteiger partial charge in [0.2, 0.25) is 6.23 Å². The lowest BCUT2D eigenvalue weighted by Gasteiger charge is -2.35. The summed E-state index contributed by atoms with van der Waals surface area (Å²) in [5.41, 5.74) is 0.227. The van der Waals surface area contributed by atoms with Crippen LogP contribution >= 0.6 is 34.8 Å². The highest BCUT2D eigenvalue weighted by molar-refractivity contribution is 7.86. The molecule has 0 saturated carbocycles. The van der Waals surface area contributed by atoms with Crippen LogP contribution < -0.4 is 4.74 Å². The van der Waals surface area contributed by atoms with E-state index in [4.69, 9.17) is 43.7 Å². The van der Waals surface area contributed by atoms with Crippen molar-refractivity contribution in [2.24, 2.45) is 5.41 Å². The number of benzene rings is 2. The van der Waals surface area contributed by atoms with Crippen molar-refractivity contribution in [3.05, 3.63) is 69.7 Å². The molecular weight excluding hydrogens is 497 g/mol. The van der Waals surface area contributed by atoms with E-state index in [1.54, 1.807) is 12.1 Å². The van der Waals surface area contributed by atoms with Crippen molar-refractivity contribution < 1.29 is 17.3 Å². The van der Waals surface area contributed by atoms with E-state index in [2.05, 4.69) is 10.1 Å². The zero-order valence-corrected chi connectivity index (χ0v) is 20.9.